The highest BCUT2D eigenvalue weighted by molar-refractivity contribution is 5.92. The topological polar surface area (TPSA) is 88.6 Å². The molecule has 7 nitrogen and oxygen atoms in total. The van der Waals surface area contributed by atoms with Crippen molar-refractivity contribution in [1.82, 2.24) is 4.98 Å². The summed E-state index contributed by atoms with van der Waals surface area (Å²) in [5.41, 5.74) is 3.51. The highest BCUT2D eigenvalue weighted by Gasteiger charge is 2.18. The fourth-order valence-corrected chi connectivity index (χ4v) is 2.46. The van der Waals surface area contributed by atoms with E-state index in [1.807, 2.05) is 12.1 Å². The zero-order valence-corrected chi connectivity index (χ0v) is 12.7. The van der Waals surface area contributed by atoms with Gasteiger partial charge in [0, 0.05) is 21.9 Å². The molecule has 0 aliphatic carbocycles. The van der Waals surface area contributed by atoms with Gasteiger partial charge in [-0.05, 0) is 24.6 Å². The molecule has 7 heteroatoms. The second-order valence-corrected chi connectivity index (χ2v) is 5.34. The van der Waals surface area contributed by atoms with E-state index in [9.17, 15) is 4.79 Å². The fourth-order valence-electron chi connectivity index (χ4n) is 2.46. The molecule has 24 heavy (non-hydrogen) atoms. The second kappa shape index (κ2) is 5.31. The van der Waals surface area contributed by atoms with Crippen LogP contribution in [0.15, 0.2) is 56.8 Å². The number of carbonyl (C=O) groups excluding carboxylic acids is 1. The van der Waals surface area contributed by atoms with Crippen LogP contribution in [-0.2, 0) is 4.79 Å². The van der Waals surface area contributed by atoms with Crippen LogP contribution in [0.4, 0.5) is 5.82 Å². The van der Waals surface area contributed by atoms with E-state index in [0.29, 0.717) is 22.6 Å². The first kappa shape index (κ1) is 14.1. The molecule has 2 aromatic rings. The molecule has 0 spiro atoms. The van der Waals surface area contributed by atoms with Gasteiger partial charge in [-0.1, -0.05) is 18.7 Å². The van der Waals surface area contributed by atoms with Gasteiger partial charge in [-0.15, -0.1) is 10.2 Å². The third-order valence-electron chi connectivity index (χ3n) is 3.61. The average molecular weight is 317 g/mol. The SMILES string of the molecule is C=C(C)C(=O)Oc1ccc(-c2c3c(nc4c2=CN=N4)=NN=C3)cc1. The summed E-state index contributed by atoms with van der Waals surface area (Å²) in [6.07, 6.45) is 3.33. The Balaban J connectivity index is 1.79. The zero-order valence-electron chi connectivity index (χ0n) is 12.7. The first-order valence-corrected chi connectivity index (χ1v) is 7.18. The van der Waals surface area contributed by atoms with Crippen molar-refractivity contribution in [3.63, 3.8) is 0 Å². The van der Waals surface area contributed by atoms with Crippen LogP contribution in [0.5, 0.6) is 5.75 Å². The Kier molecular flexibility index (Phi) is 3.13. The van der Waals surface area contributed by atoms with Crippen molar-refractivity contribution in [2.24, 2.45) is 20.4 Å². The number of pyridine rings is 1. The monoisotopic (exact) mass is 317 g/mol. The van der Waals surface area contributed by atoms with E-state index < -0.39 is 5.97 Å². The van der Waals surface area contributed by atoms with Crippen LogP contribution in [0.1, 0.15) is 12.5 Å². The first-order chi connectivity index (χ1) is 11.6. The average Bonchev–Trinajstić information content (AvgIpc) is 3.21. The summed E-state index contributed by atoms with van der Waals surface area (Å²) in [4.78, 5) is 15.9. The predicted octanol–water partition coefficient (Wildman–Crippen LogP) is 2.03. The Hall–Kier alpha value is -3.48. The molecular weight excluding hydrogens is 306 g/mol. The molecular formula is C17H11N5O2. The minimum Gasteiger partial charge on any atom is -0.423 e. The van der Waals surface area contributed by atoms with Gasteiger partial charge in [0.25, 0.3) is 0 Å². The summed E-state index contributed by atoms with van der Waals surface area (Å²) >= 11 is 0. The van der Waals surface area contributed by atoms with Crippen LogP contribution in [0.25, 0.3) is 17.3 Å². The van der Waals surface area contributed by atoms with E-state index >= 15 is 0 Å². The van der Waals surface area contributed by atoms with Crippen LogP contribution in [0.2, 0.25) is 0 Å². The molecule has 0 N–H and O–H groups in total. The standard InChI is InChI=1S/C17H11N5O2/c1-9(2)17(23)24-11-5-3-10(4-6-11)14-12-7-18-21-15(12)20-16-13(14)8-19-22-16/h3-8H,1H2,2H3. The van der Waals surface area contributed by atoms with Gasteiger partial charge in [0.15, 0.2) is 11.3 Å². The van der Waals surface area contributed by atoms with Crippen LogP contribution in [-0.4, -0.2) is 17.2 Å². The van der Waals surface area contributed by atoms with Crippen LogP contribution in [0, 0.1) is 0 Å². The number of nitrogens with zero attached hydrogens (tertiary/aromatic N) is 5. The Morgan fingerprint density at radius 1 is 1.21 bits per heavy atom. The molecule has 116 valence electrons. The minimum absolute atomic E-state index is 0.347. The number of aromatic nitrogens is 1. The number of ether oxygens (including phenoxy) is 1. The molecule has 0 unspecified atom stereocenters. The van der Waals surface area contributed by atoms with E-state index in [-0.39, 0.29) is 0 Å². The van der Waals surface area contributed by atoms with Gasteiger partial charge < -0.3 is 4.74 Å². The molecule has 0 saturated heterocycles. The second-order valence-electron chi connectivity index (χ2n) is 5.34. The van der Waals surface area contributed by atoms with Crippen LogP contribution in [0.3, 0.4) is 0 Å². The number of hydrogen-bond donors (Lipinski definition) is 0. The van der Waals surface area contributed by atoms with E-state index in [1.165, 1.54) is 0 Å². The Morgan fingerprint density at radius 3 is 2.75 bits per heavy atom. The van der Waals surface area contributed by atoms with Gasteiger partial charge >= 0.3 is 5.97 Å². The zero-order chi connectivity index (χ0) is 16.7. The highest BCUT2D eigenvalue weighted by atomic mass is 16.5. The largest absolute Gasteiger partial charge is 0.423 e. The molecule has 0 amide bonds. The lowest BCUT2D eigenvalue weighted by molar-refractivity contribution is -0.130. The van der Waals surface area contributed by atoms with E-state index in [1.54, 1.807) is 31.5 Å². The molecule has 0 fully saturated rings. The third-order valence-corrected chi connectivity index (χ3v) is 3.61. The first-order valence-electron chi connectivity index (χ1n) is 7.18. The summed E-state index contributed by atoms with van der Waals surface area (Å²) in [5, 5.41) is 16.7. The van der Waals surface area contributed by atoms with Crippen LogP contribution < -0.4 is 15.4 Å². The molecule has 1 aromatic carbocycles. The minimum atomic E-state index is -0.453. The number of carbonyl (C=O) groups is 1. The maximum absolute atomic E-state index is 11.6. The number of rotatable bonds is 3. The van der Waals surface area contributed by atoms with Gasteiger partial charge in [-0.2, -0.15) is 10.2 Å². The van der Waals surface area contributed by atoms with Crippen molar-refractivity contribution < 1.29 is 9.53 Å². The molecule has 0 saturated carbocycles. The molecule has 4 rings (SSSR count). The van der Waals surface area contributed by atoms with E-state index in [0.717, 1.165) is 21.9 Å². The molecule has 1 aromatic heterocycles. The van der Waals surface area contributed by atoms with Crippen molar-refractivity contribution in [1.29, 1.82) is 0 Å². The smallest absolute Gasteiger partial charge is 0.338 e. The van der Waals surface area contributed by atoms with E-state index in [4.69, 9.17) is 4.74 Å². The highest BCUT2D eigenvalue weighted by Crippen LogP contribution is 2.24. The number of azo groups is 1. The third kappa shape index (κ3) is 2.23. The maximum Gasteiger partial charge on any atom is 0.338 e. The summed E-state index contributed by atoms with van der Waals surface area (Å²) in [7, 11) is 0. The number of fused-ring (bicyclic) bond motifs is 2. The fraction of sp³-hybridized carbons (Fsp3) is 0.0588. The lowest BCUT2D eigenvalue weighted by Gasteiger charge is -2.08. The van der Waals surface area contributed by atoms with Crippen molar-refractivity contribution in [3.05, 3.63) is 52.7 Å². The van der Waals surface area contributed by atoms with Crippen molar-refractivity contribution in [2.45, 2.75) is 6.92 Å². The Labute approximate surface area is 136 Å². The van der Waals surface area contributed by atoms with Crippen LogP contribution >= 0.6 is 0 Å². The number of esters is 1. The summed E-state index contributed by atoms with van der Waals surface area (Å²) in [6.45, 7) is 5.17. The normalized spacial score (nSPS) is 13.0. The molecule has 2 aliphatic rings. The maximum atomic E-state index is 11.6. The molecule has 2 aliphatic heterocycles. The van der Waals surface area contributed by atoms with Crippen molar-refractivity contribution in [3.8, 4) is 16.9 Å². The summed E-state index contributed by atoms with van der Waals surface area (Å²) in [5.74, 6) is 0.520. The Morgan fingerprint density at radius 2 is 2.00 bits per heavy atom. The Bertz CT molecular complexity index is 1070. The molecule has 0 atom stereocenters. The molecule has 0 radical (unpaired) electrons. The van der Waals surface area contributed by atoms with E-state index in [2.05, 4.69) is 32.0 Å². The van der Waals surface area contributed by atoms with Gasteiger partial charge in [-0.25, -0.2) is 9.78 Å². The molecule has 3 heterocycles. The van der Waals surface area contributed by atoms with Gasteiger partial charge in [-0.3, -0.25) is 0 Å². The quantitative estimate of drug-likeness (QED) is 0.493. The lowest BCUT2D eigenvalue weighted by Crippen LogP contribution is -2.20. The number of hydrogen-bond acceptors (Lipinski definition) is 7. The van der Waals surface area contributed by atoms with Gasteiger partial charge in [0.2, 0.25) is 0 Å². The number of benzene rings is 1. The summed E-state index contributed by atoms with van der Waals surface area (Å²) in [6, 6.07) is 7.16. The van der Waals surface area contributed by atoms with Crippen molar-refractivity contribution in [2.75, 3.05) is 0 Å². The van der Waals surface area contributed by atoms with Gasteiger partial charge in [0.05, 0.1) is 12.4 Å². The van der Waals surface area contributed by atoms with Crippen molar-refractivity contribution >= 4 is 24.2 Å². The molecule has 0 bridgehead atoms. The lowest BCUT2D eigenvalue weighted by atomic mass is 9.99. The summed E-state index contributed by atoms with van der Waals surface area (Å²) < 4.78 is 5.21. The predicted molar refractivity (Wildman–Crippen MR) is 87.5 cm³/mol. The van der Waals surface area contributed by atoms with Gasteiger partial charge in [0.1, 0.15) is 5.75 Å².